The number of rotatable bonds is 7. The van der Waals surface area contributed by atoms with Crippen molar-refractivity contribution in [2.75, 3.05) is 26.2 Å². The Morgan fingerprint density at radius 1 is 1.38 bits per heavy atom. The summed E-state index contributed by atoms with van der Waals surface area (Å²) in [6.07, 6.45) is 3.25. The summed E-state index contributed by atoms with van der Waals surface area (Å²) in [6, 6.07) is 11.7. The molecule has 6 heteroatoms. The zero-order valence-corrected chi connectivity index (χ0v) is 13.8. The molecule has 1 aliphatic heterocycles. The van der Waals surface area contributed by atoms with Crippen molar-refractivity contribution >= 4 is 5.91 Å². The number of nitrogens with two attached hydrogens (primary N) is 1. The highest BCUT2D eigenvalue weighted by Gasteiger charge is 2.23. The van der Waals surface area contributed by atoms with Crippen LogP contribution in [-0.2, 0) is 0 Å². The Morgan fingerprint density at radius 2 is 2.21 bits per heavy atom. The number of aromatic nitrogens is 2. The topological polar surface area (TPSA) is 84.2 Å². The van der Waals surface area contributed by atoms with E-state index >= 15 is 0 Å². The number of para-hydroxylation sites is 1. The molecule has 0 saturated carbocycles. The van der Waals surface area contributed by atoms with Crippen molar-refractivity contribution in [3.8, 4) is 5.75 Å². The average molecular weight is 328 g/mol. The van der Waals surface area contributed by atoms with Crippen LogP contribution in [0.5, 0.6) is 5.75 Å². The molecule has 1 aromatic carbocycles. The Hall–Kier alpha value is -2.34. The van der Waals surface area contributed by atoms with Crippen LogP contribution in [0.2, 0.25) is 0 Å². The summed E-state index contributed by atoms with van der Waals surface area (Å²) in [5.74, 6) is 0.822. The number of hydrogen-bond donors (Lipinski definition) is 2. The van der Waals surface area contributed by atoms with Gasteiger partial charge in [0.15, 0.2) is 0 Å². The summed E-state index contributed by atoms with van der Waals surface area (Å²) in [5, 5.41) is 6.95. The number of piperidine rings is 1. The van der Waals surface area contributed by atoms with E-state index in [9.17, 15) is 4.79 Å². The van der Waals surface area contributed by atoms with Crippen LogP contribution in [0.25, 0.3) is 0 Å². The Bertz CT molecular complexity index is 656. The lowest BCUT2D eigenvalue weighted by Gasteiger charge is -2.32. The quantitative estimate of drug-likeness (QED) is 0.763. The van der Waals surface area contributed by atoms with Crippen molar-refractivity contribution in [3.63, 3.8) is 0 Å². The zero-order valence-electron chi connectivity index (χ0n) is 13.8. The first kappa shape index (κ1) is 16.5. The Balaban J connectivity index is 1.44. The van der Waals surface area contributed by atoms with Crippen molar-refractivity contribution in [2.45, 2.75) is 25.2 Å². The molecule has 1 atom stereocenters. The molecule has 3 rings (SSSR count). The molecule has 0 radical (unpaired) electrons. The molecule has 1 unspecified atom stereocenters. The SMILES string of the molecule is NC(=O)c1cc(C2CCCN(CCCOc3ccccc3)C2)[nH]n1. The molecular formula is C18H24N4O2. The largest absolute Gasteiger partial charge is 0.494 e. The van der Waals surface area contributed by atoms with Gasteiger partial charge in [0, 0.05) is 24.7 Å². The number of benzene rings is 1. The number of nitrogens with one attached hydrogen (secondary N) is 1. The second-order valence-corrected chi connectivity index (χ2v) is 6.23. The summed E-state index contributed by atoms with van der Waals surface area (Å²) < 4.78 is 5.74. The summed E-state index contributed by atoms with van der Waals surface area (Å²) in [7, 11) is 0. The zero-order chi connectivity index (χ0) is 16.8. The summed E-state index contributed by atoms with van der Waals surface area (Å²) in [6.45, 7) is 3.82. The van der Waals surface area contributed by atoms with Gasteiger partial charge in [0.05, 0.1) is 6.61 Å². The number of carbonyl (C=O) groups is 1. The normalized spacial score (nSPS) is 18.4. The molecule has 0 aliphatic carbocycles. The second kappa shape index (κ2) is 7.97. The molecule has 128 valence electrons. The van der Waals surface area contributed by atoms with Crippen LogP contribution in [0.3, 0.4) is 0 Å². The Labute approximate surface area is 142 Å². The van der Waals surface area contributed by atoms with Crippen LogP contribution >= 0.6 is 0 Å². The van der Waals surface area contributed by atoms with Gasteiger partial charge in [-0.2, -0.15) is 5.10 Å². The third-order valence-electron chi connectivity index (χ3n) is 4.43. The van der Waals surface area contributed by atoms with Crippen LogP contribution in [0.1, 0.15) is 41.4 Å². The van der Waals surface area contributed by atoms with E-state index in [0.29, 0.717) is 11.6 Å². The number of aromatic amines is 1. The highest BCUT2D eigenvalue weighted by Crippen LogP contribution is 2.26. The molecule has 24 heavy (non-hydrogen) atoms. The van der Waals surface area contributed by atoms with Gasteiger partial charge in [0.1, 0.15) is 11.4 Å². The van der Waals surface area contributed by atoms with Crippen LogP contribution in [0, 0.1) is 0 Å². The predicted octanol–water partition coefficient (Wildman–Crippen LogP) is 2.16. The van der Waals surface area contributed by atoms with Gasteiger partial charge in [0.25, 0.3) is 5.91 Å². The summed E-state index contributed by atoms with van der Waals surface area (Å²) >= 11 is 0. The highest BCUT2D eigenvalue weighted by molar-refractivity contribution is 5.90. The fraction of sp³-hybridized carbons (Fsp3) is 0.444. The van der Waals surface area contributed by atoms with E-state index in [0.717, 1.165) is 56.9 Å². The van der Waals surface area contributed by atoms with Crippen molar-refractivity contribution in [1.29, 1.82) is 0 Å². The van der Waals surface area contributed by atoms with Crippen LogP contribution in [0.4, 0.5) is 0 Å². The molecule has 1 aromatic heterocycles. The van der Waals surface area contributed by atoms with E-state index in [2.05, 4.69) is 15.1 Å². The van der Waals surface area contributed by atoms with Crippen LogP contribution in [-0.4, -0.2) is 47.2 Å². The number of hydrogen-bond acceptors (Lipinski definition) is 4. The van der Waals surface area contributed by atoms with Gasteiger partial charge >= 0.3 is 0 Å². The van der Waals surface area contributed by atoms with Crippen molar-refractivity contribution in [1.82, 2.24) is 15.1 Å². The number of H-pyrrole nitrogens is 1. The fourth-order valence-electron chi connectivity index (χ4n) is 3.18. The predicted molar refractivity (Wildman–Crippen MR) is 92.1 cm³/mol. The summed E-state index contributed by atoms with van der Waals surface area (Å²) in [4.78, 5) is 13.6. The molecule has 3 N–H and O–H groups in total. The Kier molecular flexibility index (Phi) is 5.48. The minimum atomic E-state index is -0.483. The molecule has 6 nitrogen and oxygen atoms in total. The number of nitrogens with zero attached hydrogens (tertiary/aromatic N) is 2. The first-order valence-corrected chi connectivity index (χ1v) is 8.47. The molecular weight excluding hydrogens is 304 g/mol. The Morgan fingerprint density at radius 3 is 2.96 bits per heavy atom. The molecule has 1 fully saturated rings. The number of primary amides is 1. The number of carbonyl (C=O) groups excluding carboxylic acids is 1. The van der Waals surface area contributed by atoms with Crippen molar-refractivity contribution in [3.05, 3.63) is 47.8 Å². The van der Waals surface area contributed by atoms with Crippen LogP contribution in [0.15, 0.2) is 36.4 Å². The first-order chi connectivity index (χ1) is 11.7. The van der Waals surface area contributed by atoms with E-state index < -0.39 is 5.91 Å². The fourth-order valence-corrected chi connectivity index (χ4v) is 3.18. The molecule has 1 aliphatic rings. The third-order valence-corrected chi connectivity index (χ3v) is 4.43. The maximum absolute atomic E-state index is 11.2. The van der Waals surface area contributed by atoms with Gasteiger partial charge in [0.2, 0.25) is 0 Å². The van der Waals surface area contributed by atoms with Gasteiger partial charge in [-0.1, -0.05) is 18.2 Å². The second-order valence-electron chi connectivity index (χ2n) is 6.23. The molecule has 0 spiro atoms. The van der Waals surface area contributed by atoms with E-state index in [1.165, 1.54) is 0 Å². The minimum absolute atomic E-state index is 0.318. The van der Waals surface area contributed by atoms with Gasteiger partial charge in [-0.3, -0.25) is 9.89 Å². The highest BCUT2D eigenvalue weighted by atomic mass is 16.5. The summed E-state index contributed by atoms with van der Waals surface area (Å²) in [5.41, 5.74) is 6.59. The average Bonchev–Trinajstić information content (AvgIpc) is 3.10. The third kappa shape index (κ3) is 4.35. The molecule has 2 aromatic rings. The van der Waals surface area contributed by atoms with E-state index in [1.54, 1.807) is 6.07 Å². The van der Waals surface area contributed by atoms with Gasteiger partial charge in [-0.15, -0.1) is 0 Å². The van der Waals surface area contributed by atoms with Crippen molar-refractivity contribution in [2.24, 2.45) is 5.73 Å². The van der Waals surface area contributed by atoms with Gasteiger partial charge < -0.3 is 15.4 Å². The van der Waals surface area contributed by atoms with Gasteiger partial charge in [-0.25, -0.2) is 0 Å². The number of amides is 1. The molecule has 1 amide bonds. The van der Waals surface area contributed by atoms with Crippen LogP contribution < -0.4 is 10.5 Å². The number of likely N-dealkylation sites (tertiary alicyclic amines) is 1. The smallest absolute Gasteiger partial charge is 0.269 e. The van der Waals surface area contributed by atoms with Gasteiger partial charge in [-0.05, 0) is 44.0 Å². The molecule has 2 heterocycles. The standard InChI is InChI=1S/C18H24N4O2/c19-18(23)17-12-16(20-21-17)14-6-4-9-22(13-14)10-5-11-24-15-7-2-1-3-8-15/h1-3,7-8,12,14H,4-6,9-11,13H2,(H2,19,23)(H,20,21). The number of ether oxygens (including phenoxy) is 1. The van der Waals surface area contributed by atoms with E-state index in [-0.39, 0.29) is 0 Å². The van der Waals surface area contributed by atoms with E-state index in [4.69, 9.17) is 10.5 Å². The lowest BCUT2D eigenvalue weighted by Crippen LogP contribution is -2.35. The lowest BCUT2D eigenvalue weighted by molar-refractivity contribution is 0.0995. The molecule has 1 saturated heterocycles. The van der Waals surface area contributed by atoms with E-state index in [1.807, 2.05) is 30.3 Å². The minimum Gasteiger partial charge on any atom is -0.494 e. The lowest BCUT2D eigenvalue weighted by atomic mass is 9.94. The maximum atomic E-state index is 11.2. The van der Waals surface area contributed by atoms with Crippen molar-refractivity contribution < 1.29 is 9.53 Å². The first-order valence-electron chi connectivity index (χ1n) is 8.47. The monoisotopic (exact) mass is 328 g/mol. The molecule has 0 bridgehead atoms. The maximum Gasteiger partial charge on any atom is 0.269 e.